The molecule has 2 aromatic heterocycles. The lowest BCUT2D eigenvalue weighted by Crippen LogP contribution is -2.17. The molecule has 6 heteroatoms. The molecule has 0 aliphatic rings. The quantitative estimate of drug-likeness (QED) is 0.580. The second-order valence-electron chi connectivity index (χ2n) is 6.76. The van der Waals surface area contributed by atoms with Crippen LogP contribution >= 0.6 is 0 Å². The van der Waals surface area contributed by atoms with Crippen LogP contribution in [-0.4, -0.2) is 34.8 Å². The van der Waals surface area contributed by atoms with Crippen molar-refractivity contribution in [2.45, 2.75) is 6.54 Å². The Morgan fingerprint density at radius 3 is 2.71 bits per heavy atom. The Morgan fingerprint density at radius 2 is 1.86 bits per heavy atom. The van der Waals surface area contributed by atoms with Crippen LogP contribution in [0.5, 0.6) is 0 Å². The van der Waals surface area contributed by atoms with Gasteiger partial charge in [-0.2, -0.15) is 5.10 Å². The zero-order valence-corrected chi connectivity index (χ0v) is 15.8. The number of anilines is 2. The highest BCUT2D eigenvalue weighted by Crippen LogP contribution is 2.21. The smallest absolute Gasteiger partial charge is 0.256 e. The topological polar surface area (TPSA) is 63.1 Å². The number of amides is 1. The fourth-order valence-electron chi connectivity index (χ4n) is 3.15. The van der Waals surface area contributed by atoms with Gasteiger partial charge in [-0.3, -0.25) is 4.79 Å². The Bertz CT molecular complexity index is 1130. The maximum atomic E-state index is 12.7. The Hall–Kier alpha value is -3.67. The van der Waals surface area contributed by atoms with Crippen molar-refractivity contribution in [1.29, 1.82) is 0 Å². The van der Waals surface area contributed by atoms with Gasteiger partial charge in [-0.15, -0.1) is 0 Å². The molecule has 0 saturated heterocycles. The van der Waals surface area contributed by atoms with Gasteiger partial charge in [0.05, 0.1) is 12.7 Å². The predicted molar refractivity (Wildman–Crippen MR) is 112 cm³/mol. The monoisotopic (exact) mass is 371 g/mol. The molecule has 0 bridgehead atoms. The van der Waals surface area contributed by atoms with E-state index < -0.39 is 0 Å². The third-order valence-electron chi connectivity index (χ3n) is 4.62. The van der Waals surface area contributed by atoms with Gasteiger partial charge in [0, 0.05) is 31.9 Å². The minimum Gasteiger partial charge on any atom is -0.363 e. The van der Waals surface area contributed by atoms with Gasteiger partial charge in [-0.25, -0.2) is 9.67 Å². The number of nitrogens with one attached hydrogen (secondary N) is 1. The van der Waals surface area contributed by atoms with Crippen LogP contribution in [0.3, 0.4) is 0 Å². The molecule has 0 unspecified atom stereocenters. The summed E-state index contributed by atoms with van der Waals surface area (Å²) in [6.07, 6.45) is 3.33. The predicted octanol–water partition coefficient (Wildman–Crippen LogP) is 3.80. The van der Waals surface area contributed by atoms with Crippen LogP contribution in [0.25, 0.3) is 10.8 Å². The molecule has 0 spiro atoms. The van der Waals surface area contributed by atoms with Crippen LogP contribution in [0.15, 0.2) is 73.1 Å². The summed E-state index contributed by atoms with van der Waals surface area (Å²) in [6.45, 7) is 0.573. The van der Waals surface area contributed by atoms with Crippen molar-refractivity contribution in [2.75, 3.05) is 24.3 Å². The van der Waals surface area contributed by atoms with Gasteiger partial charge in [-0.1, -0.05) is 42.5 Å². The van der Waals surface area contributed by atoms with Gasteiger partial charge in [-0.05, 0) is 28.5 Å². The Balaban J connectivity index is 1.58. The molecule has 0 radical (unpaired) electrons. The van der Waals surface area contributed by atoms with Gasteiger partial charge in [0.25, 0.3) is 5.91 Å². The molecule has 2 heterocycles. The van der Waals surface area contributed by atoms with Crippen molar-refractivity contribution in [3.8, 4) is 0 Å². The van der Waals surface area contributed by atoms with Gasteiger partial charge >= 0.3 is 0 Å². The third kappa shape index (κ3) is 3.57. The molecule has 0 saturated carbocycles. The number of hydrogen-bond donors (Lipinski definition) is 1. The number of pyridine rings is 1. The molecule has 1 amide bonds. The fourth-order valence-corrected chi connectivity index (χ4v) is 3.15. The normalized spacial score (nSPS) is 10.8. The SMILES string of the molecule is CN(C)c1cc(C(=O)Nc2ccnn2Cc2cccc3ccccc23)ccn1. The van der Waals surface area contributed by atoms with E-state index >= 15 is 0 Å². The highest BCUT2D eigenvalue weighted by molar-refractivity contribution is 6.04. The lowest BCUT2D eigenvalue weighted by atomic mass is 10.0. The number of aromatic nitrogens is 3. The first-order valence-corrected chi connectivity index (χ1v) is 9.05. The highest BCUT2D eigenvalue weighted by Gasteiger charge is 2.12. The van der Waals surface area contributed by atoms with Crippen molar-refractivity contribution in [3.63, 3.8) is 0 Å². The van der Waals surface area contributed by atoms with Gasteiger partial charge in [0.1, 0.15) is 11.6 Å². The molecule has 0 aliphatic carbocycles. The first-order chi connectivity index (χ1) is 13.6. The number of benzene rings is 2. The molecule has 4 aromatic rings. The van der Waals surface area contributed by atoms with Gasteiger partial charge in [0.15, 0.2) is 0 Å². The fraction of sp³-hybridized carbons (Fsp3) is 0.136. The average molecular weight is 371 g/mol. The Morgan fingerprint density at radius 1 is 1.04 bits per heavy atom. The van der Waals surface area contributed by atoms with Crippen molar-refractivity contribution in [2.24, 2.45) is 0 Å². The van der Waals surface area contributed by atoms with E-state index in [1.165, 1.54) is 10.8 Å². The summed E-state index contributed by atoms with van der Waals surface area (Å²) in [4.78, 5) is 18.8. The summed E-state index contributed by atoms with van der Waals surface area (Å²) in [6, 6.07) is 19.7. The number of nitrogens with zero attached hydrogens (tertiary/aromatic N) is 4. The molecule has 140 valence electrons. The van der Waals surface area contributed by atoms with Crippen LogP contribution < -0.4 is 10.2 Å². The zero-order valence-electron chi connectivity index (χ0n) is 15.8. The zero-order chi connectivity index (χ0) is 19.5. The molecule has 0 fully saturated rings. The first kappa shape index (κ1) is 17.7. The Labute approximate surface area is 163 Å². The minimum atomic E-state index is -0.190. The summed E-state index contributed by atoms with van der Waals surface area (Å²) in [5.41, 5.74) is 1.70. The van der Waals surface area contributed by atoms with Gasteiger partial charge in [0.2, 0.25) is 0 Å². The van der Waals surface area contributed by atoms with E-state index in [-0.39, 0.29) is 5.91 Å². The molecular formula is C22H21N5O. The summed E-state index contributed by atoms with van der Waals surface area (Å²) >= 11 is 0. The van der Waals surface area contributed by atoms with Crippen LogP contribution in [0, 0.1) is 0 Å². The highest BCUT2D eigenvalue weighted by atomic mass is 16.1. The molecule has 4 rings (SSSR count). The van der Waals surface area contributed by atoms with E-state index in [9.17, 15) is 4.79 Å². The van der Waals surface area contributed by atoms with Gasteiger partial charge < -0.3 is 10.2 Å². The maximum Gasteiger partial charge on any atom is 0.256 e. The van der Waals surface area contributed by atoms with Crippen molar-refractivity contribution in [1.82, 2.24) is 14.8 Å². The van der Waals surface area contributed by atoms with Crippen LogP contribution in [0.4, 0.5) is 11.6 Å². The van der Waals surface area contributed by atoms with E-state index in [0.717, 1.165) is 11.4 Å². The number of hydrogen-bond acceptors (Lipinski definition) is 4. The van der Waals surface area contributed by atoms with Crippen LogP contribution in [0.1, 0.15) is 15.9 Å². The summed E-state index contributed by atoms with van der Waals surface area (Å²) in [5.74, 6) is 1.20. The third-order valence-corrected chi connectivity index (χ3v) is 4.62. The van der Waals surface area contributed by atoms with Crippen molar-refractivity contribution in [3.05, 3.63) is 84.2 Å². The Kier molecular flexibility index (Phi) is 4.76. The number of fused-ring (bicyclic) bond motifs is 1. The molecule has 2 aromatic carbocycles. The van der Waals surface area contributed by atoms with E-state index in [0.29, 0.717) is 17.9 Å². The van der Waals surface area contributed by atoms with E-state index in [4.69, 9.17) is 0 Å². The molecule has 6 nitrogen and oxygen atoms in total. The number of rotatable bonds is 5. The number of carbonyl (C=O) groups excluding carboxylic acids is 1. The molecule has 0 atom stereocenters. The summed E-state index contributed by atoms with van der Waals surface area (Å²) in [7, 11) is 3.78. The molecule has 0 aliphatic heterocycles. The van der Waals surface area contributed by atoms with Crippen LogP contribution in [0.2, 0.25) is 0 Å². The second-order valence-corrected chi connectivity index (χ2v) is 6.76. The second kappa shape index (κ2) is 7.52. The van der Waals surface area contributed by atoms with Crippen molar-refractivity contribution >= 4 is 28.3 Å². The average Bonchev–Trinajstić information content (AvgIpc) is 3.15. The van der Waals surface area contributed by atoms with Crippen molar-refractivity contribution < 1.29 is 4.79 Å². The maximum absolute atomic E-state index is 12.7. The molecular weight excluding hydrogens is 350 g/mol. The lowest BCUT2D eigenvalue weighted by Gasteiger charge is -2.13. The number of carbonyl (C=O) groups is 1. The van der Waals surface area contributed by atoms with E-state index in [1.54, 1.807) is 35.3 Å². The van der Waals surface area contributed by atoms with E-state index in [2.05, 4.69) is 39.7 Å². The summed E-state index contributed by atoms with van der Waals surface area (Å²) < 4.78 is 1.80. The first-order valence-electron chi connectivity index (χ1n) is 9.05. The standard InChI is InChI=1S/C22H21N5O/c1-26(2)21-14-17(10-12-23-21)22(28)25-20-11-13-24-27(20)15-18-8-5-7-16-6-3-4-9-19(16)18/h3-14H,15H2,1-2H3,(H,25,28). The van der Waals surface area contributed by atoms with E-state index in [1.807, 2.05) is 37.2 Å². The largest absolute Gasteiger partial charge is 0.363 e. The molecule has 1 N–H and O–H groups in total. The van der Waals surface area contributed by atoms with Crippen LogP contribution in [-0.2, 0) is 6.54 Å². The lowest BCUT2D eigenvalue weighted by molar-refractivity contribution is 0.102. The minimum absolute atomic E-state index is 0.190. The summed E-state index contributed by atoms with van der Waals surface area (Å²) in [5, 5.41) is 9.72. The molecule has 28 heavy (non-hydrogen) atoms.